The third-order valence-corrected chi connectivity index (χ3v) is 1.75. The maximum atomic E-state index is 3.77. The first kappa shape index (κ1) is 16.1. The van der Waals surface area contributed by atoms with E-state index in [2.05, 4.69) is 37.8 Å². The topological polar surface area (TPSA) is 0 Å². The van der Waals surface area contributed by atoms with Crippen molar-refractivity contribution >= 4 is 12.2 Å². The zero-order valence-electron chi connectivity index (χ0n) is 9.46. The van der Waals surface area contributed by atoms with Gasteiger partial charge in [0, 0.05) is 0 Å². The summed E-state index contributed by atoms with van der Waals surface area (Å²) in [4.78, 5) is 0. The molecule has 0 spiro atoms. The SMILES string of the molecule is C.C=Cc1ccccc1/C=C\CC.CC. The van der Waals surface area contributed by atoms with E-state index in [0.717, 1.165) is 6.42 Å². The molecule has 0 N–H and O–H groups in total. The molecule has 1 rings (SSSR count). The molecule has 0 heteroatoms. The molecule has 0 unspecified atom stereocenters. The molecule has 84 valence electrons. The molecule has 1 aromatic rings. The van der Waals surface area contributed by atoms with E-state index in [0.29, 0.717) is 0 Å². The van der Waals surface area contributed by atoms with Gasteiger partial charge >= 0.3 is 0 Å². The van der Waals surface area contributed by atoms with Crippen molar-refractivity contribution in [3.05, 3.63) is 48.0 Å². The van der Waals surface area contributed by atoms with Crippen LogP contribution < -0.4 is 0 Å². The fraction of sp³-hybridized carbons (Fsp3) is 0.333. The monoisotopic (exact) mass is 204 g/mol. The molecule has 0 bridgehead atoms. The second-order valence-corrected chi connectivity index (χ2v) is 2.64. The van der Waals surface area contributed by atoms with Gasteiger partial charge in [-0.15, -0.1) is 0 Å². The minimum absolute atomic E-state index is 0. The van der Waals surface area contributed by atoms with Crippen LogP contribution >= 0.6 is 0 Å². The molecule has 0 nitrogen and oxygen atoms in total. The van der Waals surface area contributed by atoms with Gasteiger partial charge in [0.25, 0.3) is 0 Å². The fourth-order valence-electron chi connectivity index (χ4n) is 1.09. The molecule has 0 atom stereocenters. The lowest BCUT2D eigenvalue weighted by atomic mass is 10.1. The van der Waals surface area contributed by atoms with E-state index in [1.807, 2.05) is 32.1 Å². The molecule has 0 aliphatic carbocycles. The maximum Gasteiger partial charge on any atom is -0.0187 e. The Morgan fingerprint density at radius 1 is 1.13 bits per heavy atom. The van der Waals surface area contributed by atoms with Crippen LogP contribution in [0.25, 0.3) is 12.2 Å². The molecule has 0 heterocycles. The smallest absolute Gasteiger partial charge is 0.0187 e. The van der Waals surface area contributed by atoms with Crippen LogP contribution in [0.2, 0.25) is 0 Å². The second-order valence-electron chi connectivity index (χ2n) is 2.64. The Bertz CT molecular complexity index is 282. The summed E-state index contributed by atoms with van der Waals surface area (Å²) in [6.07, 6.45) is 7.25. The zero-order chi connectivity index (χ0) is 10.8. The molecule has 0 aliphatic heterocycles. The molecule has 1 aromatic carbocycles. The van der Waals surface area contributed by atoms with Crippen molar-refractivity contribution in [3.8, 4) is 0 Å². The maximum absolute atomic E-state index is 3.77. The summed E-state index contributed by atoms with van der Waals surface area (Å²) >= 11 is 0. The second kappa shape index (κ2) is 10.8. The first-order chi connectivity index (χ1) is 6.88. The lowest BCUT2D eigenvalue weighted by Crippen LogP contribution is -1.77. The average molecular weight is 204 g/mol. The largest absolute Gasteiger partial charge is 0.0984 e. The van der Waals surface area contributed by atoms with Gasteiger partial charge < -0.3 is 0 Å². The highest BCUT2D eigenvalue weighted by atomic mass is 14.0. The number of hydrogen-bond acceptors (Lipinski definition) is 0. The first-order valence-electron chi connectivity index (χ1n) is 5.26. The minimum Gasteiger partial charge on any atom is -0.0984 e. The van der Waals surface area contributed by atoms with Gasteiger partial charge in [-0.25, -0.2) is 0 Å². The molecular formula is C15H24. The van der Waals surface area contributed by atoms with Crippen LogP contribution in [-0.2, 0) is 0 Å². The van der Waals surface area contributed by atoms with Gasteiger partial charge in [0.1, 0.15) is 0 Å². The summed E-state index contributed by atoms with van der Waals surface area (Å²) in [7, 11) is 0. The van der Waals surface area contributed by atoms with E-state index in [9.17, 15) is 0 Å². The summed E-state index contributed by atoms with van der Waals surface area (Å²) < 4.78 is 0. The third kappa shape index (κ3) is 5.90. The Hall–Kier alpha value is -1.30. The minimum atomic E-state index is 0. The van der Waals surface area contributed by atoms with Crippen molar-refractivity contribution < 1.29 is 0 Å². The van der Waals surface area contributed by atoms with E-state index in [-0.39, 0.29) is 7.43 Å². The fourth-order valence-corrected chi connectivity index (χ4v) is 1.09. The molecule has 0 fully saturated rings. The number of rotatable bonds is 3. The Kier molecular flexibility index (Phi) is 11.6. The van der Waals surface area contributed by atoms with Crippen LogP contribution in [-0.4, -0.2) is 0 Å². The van der Waals surface area contributed by atoms with Crippen molar-refractivity contribution in [1.82, 2.24) is 0 Å². The molecule has 0 aromatic heterocycles. The summed E-state index contributed by atoms with van der Waals surface area (Å²) in [6, 6.07) is 8.24. The predicted molar refractivity (Wildman–Crippen MR) is 73.9 cm³/mol. The van der Waals surface area contributed by atoms with Crippen molar-refractivity contribution in [2.24, 2.45) is 0 Å². The summed E-state index contributed by atoms with van der Waals surface area (Å²) in [5.41, 5.74) is 2.44. The normalized spacial score (nSPS) is 8.73. The van der Waals surface area contributed by atoms with E-state index in [1.54, 1.807) is 0 Å². The van der Waals surface area contributed by atoms with Crippen molar-refractivity contribution in [1.29, 1.82) is 0 Å². The van der Waals surface area contributed by atoms with E-state index < -0.39 is 0 Å². The lowest BCUT2D eigenvalue weighted by molar-refractivity contribution is 1.23. The third-order valence-electron chi connectivity index (χ3n) is 1.75. The van der Waals surface area contributed by atoms with E-state index in [4.69, 9.17) is 0 Å². The standard InChI is InChI=1S/C12H14.C2H6.CH4/c1-3-5-8-12-10-7-6-9-11(12)4-2;1-2;/h4-10H,2-3H2,1H3;1-2H3;1H4/b8-5-;;. The highest BCUT2D eigenvalue weighted by molar-refractivity contribution is 5.64. The molecule has 0 saturated heterocycles. The lowest BCUT2D eigenvalue weighted by Gasteiger charge is -1.98. The zero-order valence-corrected chi connectivity index (χ0v) is 9.46. The number of hydrogen-bond donors (Lipinski definition) is 0. The van der Waals surface area contributed by atoms with Crippen molar-refractivity contribution in [3.63, 3.8) is 0 Å². The Morgan fingerprint density at radius 3 is 2.13 bits per heavy atom. The highest BCUT2D eigenvalue weighted by Gasteiger charge is 1.90. The number of allylic oxidation sites excluding steroid dienone is 1. The quantitative estimate of drug-likeness (QED) is 0.617. The molecule has 0 radical (unpaired) electrons. The summed E-state index contributed by atoms with van der Waals surface area (Å²) in [6.45, 7) is 9.90. The van der Waals surface area contributed by atoms with Gasteiger partial charge in [-0.2, -0.15) is 0 Å². The predicted octanol–water partition coefficient (Wildman–Crippen LogP) is 5.42. The molecule has 0 saturated carbocycles. The van der Waals surface area contributed by atoms with Gasteiger partial charge in [-0.3, -0.25) is 0 Å². The van der Waals surface area contributed by atoms with E-state index in [1.165, 1.54) is 11.1 Å². The first-order valence-corrected chi connectivity index (χ1v) is 5.26. The molecule has 0 amide bonds. The molecular weight excluding hydrogens is 180 g/mol. The van der Waals surface area contributed by atoms with E-state index >= 15 is 0 Å². The van der Waals surface area contributed by atoms with Gasteiger partial charge in [0.05, 0.1) is 0 Å². The van der Waals surface area contributed by atoms with Gasteiger partial charge in [0.2, 0.25) is 0 Å². The van der Waals surface area contributed by atoms with Gasteiger partial charge in [-0.05, 0) is 17.5 Å². The Morgan fingerprint density at radius 2 is 1.67 bits per heavy atom. The van der Waals surface area contributed by atoms with Crippen LogP contribution in [0.5, 0.6) is 0 Å². The Labute approximate surface area is 95.3 Å². The van der Waals surface area contributed by atoms with Crippen molar-refractivity contribution in [2.75, 3.05) is 0 Å². The molecule has 15 heavy (non-hydrogen) atoms. The van der Waals surface area contributed by atoms with Crippen LogP contribution in [0.1, 0.15) is 45.7 Å². The van der Waals surface area contributed by atoms with Crippen LogP contribution in [0, 0.1) is 0 Å². The van der Waals surface area contributed by atoms with Gasteiger partial charge in [0.15, 0.2) is 0 Å². The van der Waals surface area contributed by atoms with Crippen LogP contribution in [0.15, 0.2) is 36.9 Å². The van der Waals surface area contributed by atoms with Crippen LogP contribution in [0.4, 0.5) is 0 Å². The van der Waals surface area contributed by atoms with Crippen LogP contribution in [0.3, 0.4) is 0 Å². The van der Waals surface area contributed by atoms with Crippen molar-refractivity contribution in [2.45, 2.75) is 34.6 Å². The average Bonchev–Trinajstić information content (AvgIpc) is 2.29. The molecule has 0 aliphatic rings. The Balaban J connectivity index is 0. The number of benzene rings is 1. The highest BCUT2D eigenvalue weighted by Crippen LogP contribution is 2.11. The summed E-state index contributed by atoms with van der Waals surface area (Å²) in [5, 5.41) is 0. The summed E-state index contributed by atoms with van der Waals surface area (Å²) in [5.74, 6) is 0. The van der Waals surface area contributed by atoms with Gasteiger partial charge in [-0.1, -0.05) is 77.3 Å².